The van der Waals surface area contributed by atoms with Crippen LogP contribution in [0.1, 0.15) is 11.4 Å². The molecule has 0 spiro atoms. The second kappa shape index (κ2) is 8.39. The van der Waals surface area contributed by atoms with Crippen LogP contribution in [0.5, 0.6) is 5.75 Å². The van der Waals surface area contributed by atoms with Crippen LogP contribution in [0.2, 0.25) is 0 Å². The van der Waals surface area contributed by atoms with Crippen LogP contribution in [0.3, 0.4) is 0 Å². The first-order valence-corrected chi connectivity index (χ1v) is 9.16. The van der Waals surface area contributed by atoms with E-state index in [1.807, 2.05) is 36.5 Å². The molecule has 0 aliphatic rings. The molecular formula is C21H19N7O2. The smallest absolute Gasteiger partial charge is 0.248 e. The Hall–Kier alpha value is -4.27. The average Bonchev–Trinajstić information content (AvgIpc) is 3.42. The monoisotopic (exact) mass is 401 g/mol. The van der Waals surface area contributed by atoms with Gasteiger partial charge in [0.05, 0.1) is 19.0 Å². The predicted octanol–water partition coefficient (Wildman–Crippen LogP) is 2.82. The number of para-hydroxylation sites is 1. The van der Waals surface area contributed by atoms with Crippen molar-refractivity contribution in [3.8, 4) is 17.1 Å². The number of tetrazole rings is 1. The molecule has 0 saturated heterocycles. The largest absolute Gasteiger partial charge is 0.494 e. The van der Waals surface area contributed by atoms with E-state index < -0.39 is 0 Å². The number of carbonyl (C=O) groups is 1. The van der Waals surface area contributed by atoms with Gasteiger partial charge in [-0.3, -0.25) is 4.79 Å². The zero-order chi connectivity index (χ0) is 20.9. The summed E-state index contributed by atoms with van der Waals surface area (Å²) in [7, 11) is 1.56. The van der Waals surface area contributed by atoms with Crippen molar-refractivity contribution in [3.63, 3.8) is 0 Å². The van der Waals surface area contributed by atoms with E-state index in [1.165, 1.54) is 6.08 Å². The fourth-order valence-electron chi connectivity index (χ4n) is 2.89. The lowest BCUT2D eigenvalue weighted by molar-refractivity contribution is -0.111. The van der Waals surface area contributed by atoms with E-state index in [9.17, 15) is 4.79 Å². The molecule has 0 unspecified atom stereocenters. The molecule has 9 nitrogen and oxygen atoms in total. The van der Waals surface area contributed by atoms with Crippen LogP contribution in [0.15, 0.2) is 67.0 Å². The lowest BCUT2D eigenvalue weighted by Gasteiger charge is -2.11. The van der Waals surface area contributed by atoms with E-state index in [0.29, 0.717) is 22.9 Å². The van der Waals surface area contributed by atoms with Gasteiger partial charge in [0.2, 0.25) is 5.91 Å². The van der Waals surface area contributed by atoms with Crippen molar-refractivity contribution >= 4 is 17.7 Å². The van der Waals surface area contributed by atoms with Crippen molar-refractivity contribution in [3.05, 3.63) is 78.4 Å². The Morgan fingerprint density at radius 3 is 2.73 bits per heavy atom. The number of benzene rings is 2. The van der Waals surface area contributed by atoms with Crippen LogP contribution < -0.4 is 10.1 Å². The molecular weight excluding hydrogens is 382 g/mol. The quantitative estimate of drug-likeness (QED) is 0.499. The molecule has 0 bridgehead atoms. The fourth-order valence-corrected chi connectivity index (χ4v) is 2.89. The minimum Gasteiger partial charge on any atom is -0.494 e. The van der Waals surface area contributed by atoms with Gasteiger partial charge in [0.15, 0.2) is 5.82 Å². The predicted molar refractivity (Wildman–Crippen MR) is 112 cm³/mol. The van der Waals surface area contributed by atoms with Gasteiger partial charge in [-0.15, -0.1) is 5.10 Å². The Morgan fingerprint density at radius 2 is 2.00 bits per heavy atom. The summed E-state index contributed by atoms with van der Waals surface area (Å²) in [4.78, 5) is 12.4. The molecule has 0 saturated carbocycles. The molecule has 2 aromatic heterocycles. The molecule has 0 fully saturated rings. The Labute approximate surface area is 172 Å². The average molecular weight is 401 g/mol. The van der Waals surface area contributed by atoms with Crippen LogP contribution in [-0.4, -0.2) is 43.0 Å². The van der Waals surface area contributed by atoms with E-state index in [2.05, 4.69) is 25.9 Å². The molecule has 0 aliphatic heterocycles. The van der Waals surface area contributed by atoms with Crippen molar-refractivity contribution in [2.24, 2.45) is 0 Å². The van der Waals surface area contributed by atoms with Gasteiger partial charge in [0.25, 0.3) is 0 Å². The van der Waals surface area contributed by atoms with E-state index in [1.54, 1.807) is 53.9 Å². The second-order valence-corrected chi connectivity index (χ2v) is 6.40. The molecule has 2 heterocycles. The zero-order valence-electron chi connectivity index (χ0n) is 16.4. The number of carbonyl (C=O) groups excluding carboxylic acids is 1. The minimum atomic E-state index is -0.271. The first-order chi connectivity index (χ1) is 14.6. The number of anilines is 1. The fraction of sp³-hybridized carbons (Fsp3) is 0.0952. The molecule has 0 atom stereocenters. The third kappa shape index (κ3) is 4.09. The van der Waals surface area contributed by atoms with E-state index in [4.69, 9.17) is 4.74 Å². The lowest BCUT2D eigenvalue weighted by Crippen LogP contribution is -2.09. The van der Waals surface area contributed by atoms with Gasteiger partial charge < -0.3 is 10.1 Å². The Bertz CT molecular complexity index is 1200. The lowest BCUT2D eigenvalue weighted by atomic mass is 10.2. The summed E-state index contributed by atoms with van der Waals surface area (Å²) >= 11 is 0. The number of ether oxygens (including phenoxy) is 1. The van der Waals surface area contributed by atoms with Gasteiger partial charge >= 0.3 is 0 Å². The number of amides is 1. The summed E-state index contributed by atoms with van der Waals surface area (Å²) < 4.78 is 8.67. The number of hydrogen-bond donors (Lipinski definition) is 1. The Kier molecular flexibility index (Phi) is 5.33. The van der Waals surface area contributed by atoms with Gasteiger partial charge in [0, 0.05) is 23.5 Å². The van der Waals surface area contributed by atoms with E-state index in [-0.39, 0.29) is 5.91 Å². The van der Waals surface area contributed by atoms with Crippen molar-refractivity contribution in [2.75, 3.05) is 12.4 Å². The van der Waals surface area contributed by atoms with Gasteiger partial charge in [0.1, 0.15) is 11.4 Å². The highest BCUT2D eigenvalue weighted by Crippen LogP contribution is 2.26. The van der Waals surface area contributed by atoms with Crippen LogP contribution >= 0.6 is 0 Å². The maximum Gasteiger partial charge on any atom is 0.248 e. The van der Waals surface area contributed by atoms with Crippen molar-refractivity contribution < 1.29 is 9.53 Å². The number of aryl methyl sites for hydroxylation is 1. The normalized spacial score (nSPS) is 11.0. The third-order valence-corrected chi connectivity index (χ3v) is 4.35. The topological polar surface area (TPSA) is 99.8 Å². The molecule has 30 heavy (non-hydrogen) atoms. The van der Waals surface area contributed by atoms with E-state index >= 15 is 0 Å². The maximum absolute atomic E-state index is 12.4. The SMILES string of the molecule is COc1ccc(NC(=O)/C=C/c2cnn(-c3ccccc3)c2)cc1-n1nnnc1C. The van der Waals surface area contributed by atoms with Crippen molar-refractivity contribution in [2.45, 2.75) is 6.92 Å². The number of methoxy groups -OCH3 is 1. The standard InChI is InChI=1S/C21H19N7O2/c1-15-24-25-26-28(15)19-12-17(9-10-20(19)30-2)23-21(29)11-8-16-13-22-27(14-16)18-6-4-3-5-7-18/h3-14H,1-2H3,(H,23,29)/b11-8+. The van der Waals surface area contributed by atoms with Crippen LogP contribution in [0.25, 0.3) is 17.5 Å². The first-order valence-electron chi connectivity index (χ1n) is 9.16. The number of nitrogens with zero attached hydrogens (tertiary/aromatic N) is 6. The van der Waals surface area contributed by atoms with Crippen LogP contribution in [-0.2, 0) is 4.79 Å². The third-order valence-electron chi connectivity index (χ3n) is 4.35. The van der Waals surface area contributed by atoms with Gasteiger partial charge in [-0.1, -0.05) is 18.2 Å². The molecule has 4 rings (SSSR count). The summed E-state index contributed by atoms with van der Waals surface area (Å²) in [6, 6.07) is 15.0. The van der Waals surface area contributed by atoms with E-state index in [0.717, 1.165) is 11.3 Å². The van der Waals surface area contributed by atoms with Gasteiger partial charge in [-0.05, 0) is 53.8 Å². The molecule has 9 heteroatoms. The summed E-state index contributed by atoms with van der Waals surface area (Å²) in [5.41, 5.74) is 2.99. The molecule has 1 amide bonds. The molecule has 150 valence electrons. The number of aromatic nitrogens is 6. The Morgan fingerprint density at radius 1 is 1.17 bits per heavy atom. The number of rotatable bonds is 6. The molecule has 4 aromatic rings. The highest BCUT2D eigenvalue weighted by atomic mass is 16.5. The summed E-state index contributed by atoms with van der Waals surface area (Å²) in [5.74, 6) is 0.923. The van der Waals surface area contributed by atoms with Crippen LogP contribution in [0, 0.1) is 6.92 Å². The molecule has 2 aromatic carbocycles. The van der Waals surface area contributed by atoms with Crippen LogP contribution in [0.4, 0.5) is 5.69 Å². The molecule has 0 aliphatic carbocycles. The summed E-state index contributed by atoms with van der Waals surface area (Å²) in [5, 5.41) is 18.6. The highest BCUT2D eigenvalue weighted by Gasteiger charge is 2.12. The minimum absolute atomic E-state index is 0.271. The van der Waals surface area contributed by atoms with Crippen molar-refractivity contribution in [1.82, 2.24) is 30.0 Å². The highest BCUT2D eigenvalue weighted by molar-refractivity contribution is 6.02. The summed E-state index contributed by atoms with van der Waals surface area (Å²) in [6.45, 7) is 1.78. The molecule has 1 N–H and O–H groups in total. The zero-order valence-corrected chi connectivity index (χ0v) is 16.4. The Balaban J connectivity index is 1.48. The maximum atomic E-state index is 12.4. The summed E-state index contributed by atoms with van der Waals surface area (Å²) in [6.07, 6.45) is 6.71. The second-order valence-electron chi connectivity index (χ2n) is 6.40. The first kappa shape index (κ1) is 19.1. The number of hydrogen-bond acceptors (Lipinski definition) is 6. The van der Waals surface area contributed by atoms with Crippen molar-refractivity contribution in [1.29, 1.82) is 0 Å². The van der Waals surface area contributed by atoms with Gasteiger partial charge in [-0.2, -0.15) is 9.78 Å². The van der Waals surface area contributed by atoms with Gasteiger partial charge in [-0.25, -0.2) is 4.68 Å². The molecule has 0 radical (unpaired) electrons. The number of nitrogens with one attached hydrogen (secondary N) is 1.